The predicted octanol–water partition coefficient (Wildman–Crippen LogP) is 4.80. The Labute approximate surface area is 226 Å². The highest BCUT2D eigenvalue weighted by Gasteiger charge is 2.31. The molecule has 9 nitrogen and oxygen atoms in total. The van der Waals surface area contributed by atoms with Gasteiger partial charge in [0.1, 0.15) is 11.8 Å². The molecular formula is C28H30ClN3O6. The van der Waals surface area contributed by atoms with Crippen LogP contribution < -0.4 is 14.8 Å². The number of benzene rings is 3. The second kappa shape index (κ2) is 13.4. The Bertz CT molecular complexity index is 1250. The number of ether oxygens (including phenoxy) is 2. The van der Waals surface area contributed by atoms with Crippen molar-refractivity contribution in [3.05, 3.63) is 99.1 Å². The summed E-state index contributed by atoms with van der Waals surface area (Å²) in [5, 5.41) is 14.7. The first kappa shape index (κ1) is 28.5. The second-order valence-corrected chi connectivity index (χ2v) is 9.33. The van der Waals surface area contributed by atoms with Crippen molar-refractivity contribution in [1.82, 2.24) is 10.2 Å². The summed E-state index contributed by atoms with van der Waals surface area (Å²) in [5.41, 5.74) is 1.46. The summed E-state index contributed by atoms with van der Waals surface area (Å²) in [7, 11) is 1.31. The second-order valence-electron chi connectivity index (χ2n) is 8.90. The lowest BCUT2D eigenvalue weighted by Gasteiger charge is -2.32. The number of nitro groups is 1. The third-order valence-electron chi connectivity index (χ3n) is 5.68. The molecular weight excluding hydrogens is 510 g/mol. The van der Waals surface area contributed by atoms with Crippen LogP contribution in [-0.2, 0) is 22.6 Å². The molecule has 3 aromatic carbocycles. The van der Waals surface area contributed by atoms with E-state index in [0.717, 1.165) is 11.1 Å². The molecule has 0 saturated heterocycles. The number of rotatable bonds is 12. The molecule has 0 spiro atoms. The minimum Gasteiger partial charge on any atom is -0.490 e. The van der Waals surface area contributed by atoms with E-state index in [4.69, 9.17) is 21.1 Å². The molecule has 0 fully saturated rings. The van der Waals surface area contributed by atoms with E-state index in [1.807, 2.05) is 44.2 Å². The van der Waals surface area contributed by atoms with Crippen molar-refractivity contribution in [3.63, 3.8) is 0 Å². The molecule has 0 saturated carbocycles. The van der Waals surface area contributed by atoms with Crippen LogP contribution in [0.25, 0.3) is 0 Å². The number of nitrogens with one attached hydrogen (secondary N) is 1. The molecule has 0 bridgehead atoms. The van der Waals surface area contributed by atoms with Gasteiger partial charge in [-0.1, -0.05) is 54.1 Å². The van der Waals surface area contributed by atoms with Crippen LogP contribution in [0.15, 0.2) is 72.8 Å². The van der Waals surface area contributed by atoms with Gasteiger partial charge in [-0.05, 0) is 43.2 Å². The third kappa shape index (κ3) is 7.94. The van der Waals surface area contributed by atoms with Gasteiger partial charge < -0.3 is 19.7 Å². The first-order valence-corrected chi connectivity index (χ1v) is 12.4. The highest BCUT2D eigenvalue weighted by molar-refractivity contribution is 6.30. The summed E-state index contributed by atoms with van der Waals surface area (Å²) in [4.78, 5) is 39.1. The minimum absolute atomic E-state index is 0.0104. The van der Waals surface area contributed by atoms with E-state index < -0.39 is 23.5 Å². The van der Waals surface area contributed by atoms with E-state index in [1.165, 1.54) is 30.2 Å². The lowest BCUT2D eigenvalue weighted by Crippen LogP contribution is -2.52. The number of hydrogen-bond donors (Lipinski definition) is 1. The number of halogens is 1. The Morgan fingerprint density at radius 1 is 1.03 bits per heavy atom. The molecule has 0 aliphatic heterocycles. The summed E-state index contributed by atoms with van der Waals surface area (Å²) in [5.74, 6) is -0.491. The SMILES string of the molecule is COc1cc(OCC(=O)N(Cc2ccc(Cl)cc2)[C@H](Cc2ccccc2)C(=O)NC(C)C)ccc1[N+](=O)[O-]. The smallest absolute Gasteiger partial charge is 0.311 e. The largest absolute Gasteiger partial charge is 0.490 e. The predicted molar refractivity (Wildman–Crippen MR) is 144 cm³/mol. The van der Waals surface area contributed by atoms with Crippen molar-refractivity contribution in [3.8, 4) is 11.5 Å². The summed E-state index contributed by atoms with van der Waals surface area (Å²) in [6, 6.07) is 19.5. The molecule has 0 unspecified atom stereocenters. The van der Waals surface area contributed by atoms with Crippen molar-refractivity contribution >= 4 is 29.1 Å². The van der Waals surface area contributed by atoms with Gasteiger partial charge in [-0.3, -0.25) is 19.7 Å². The average molecular weight is 540 g/mol. The van der Waals surface area contributed by atoms with Crippen molar-refractivity contribution in [2.24, 2.45) is 0 Å². The van der Waals surface area contributed by atoms with Crippen LogP contribution in [0.1, 0.15) is 25.0 Å². The molecule has 3 rings (SSSR count). The van der Waals surface area contributed by atoms with Gasteiger partial charge in [0.15, 0.2) is 6.61 Å². The highest BCUT2D eigenvalue weighted by Crippen LogP contribution is 2.31. The topological polar surface area (TPSA) is 111 Å². The van der Waals surface area contributed by atoms with Crippen molar-refractivity contribution < 1.29 is 24.0 Å². The fourth-order valence-electron chi connectivity index (χ4n) is 3.85. The van der Waals surface area contributed by atoms with Gasteiger partial charge in [-0.2, -0.15) is 0 Å². The Morgan fingerprint density at radius 3 is 2.32 bits per heavy atom. The van der Waals surface area contributed by atoms with Crippen LogP contribution in [0.4, 0.5) is 5.69 Å². The van der Waals surface area contributed by atoms with Gasteiger partial charge in [-0.15, -0.1) is 0 Å². The molecule has 1 atom stereocenters. The summed E-state index contributed by atoms with van der Waals surface area (Å²) < 4.78 is 10.8. The molecule has 1 N–H and O–H groups in total. The maximum absolute atomic E-state index is 13.6. The number of amides is 2. The number of methoxy groups -OCH3 is 1. The summed E-state index contributed by atoms with van der Waals surface area (Å²) in [6.07, 6.45) is 0.296. The maximum Gasteiger partial charge on any atom is 0.311 e. The zero-order valence-corrected chi connectivity index (χ0v) is 22.2. The lowest BCUT2D eigenvalue weighted by molar-refractivity contribution is -0.385. The molecule has 0 radical (unpaired) electrons. The minimum atomic E-state index is -0.821. The van der Waals surface area contributed by atoms with Gasteiger partial charge in [0.2, 0.25) is 11.7 Å². The number of carbonyl (C=O) groups is 2. The van der Waals surface area contributed by atoms with Crippen molar-refractivity contribution in [2.45, 2.75) is 38.9 Å². The monoisotopic (exact) mass is 539 g/mol. The molecule has 2 amide bonds. The van der Waals surface area contributed by atoms with Gasteiger partial charge in [-0.25, -0.2) is 0 Å². The average Bonchev–Trinajstić information content (AvgIpc) is 2.90. The first-order chi connectivity index (χ1) is 18.2. The Hall–Kier alpha value is -4.11. The zero-order valence-electron chi connectivity index (χ0n) is 21.4. The molecule has 200 valence electrons. The van der Waals surface area contributed by atoms with Crippen LogP contribution in [0.3, 0.4) is 0 Å². The number of nitrogens with zero attached hydrogens (tertiary/aromatic N) is 2. The molecule has 38 heavy (non-hydrogen) atoms. The van der Waals surface area contributed by atoms with Crippen LogP contribution in [0.5, 0.6) is 11.5 Å². The van der Waals surface area contributed by atoms with Crippen molar-refractivity contribution in [2.75, 3.05) is 13.7 Å². The van der Waals surface area contributed by atoms with Gasteiger partial charge in [0.25, 0.3) is 5.91 Å². The van der Waals surface area contributed by atoms with Crippen LogP contribution in [0.2, 0.25) is 5.02 Å². The van der Waals surface area contributed by atoms with E-state index in [9.17, 15) is 19.7 Å². The van der Waals surface area contributed by atoms with Gasteiger partial charge in [0, 0.05) is 36.2 Å². The fraction of sp³-hybridized carbons (Fsp3) is 0.286. The normalized spacial score (nSPS) is 11.5. The van der Waals surface area contributed by atoms with Crippen molar-refractivity contribution in [1.29, 1.82) is 0 Å². The van der Waals surface area contributed by atoms with E-state index in [2.05, 4.69) is 5.32 Å². The number of carbonyl (C=O) groups excluding carboxylic acids is 2. The standard InChI is InChI=1S/C28H30ClN3O6/c1-19(2)30-28(34)25(15-20-7-5-4-6-8-20)31(17-21-9-11-22(29)12-10-21)27(33)18-38-23-13-14-24(32(35)36)26(16-23)37-3/h4-14,16,19,25H,15,17-18H2,1-3H3,(H,30,34)/t25-/m1/s1. The zero-order chi connectivity index (χ0) is 27.7. The molecule has 0 aliphatic rings. The van der Waals surface area contributed by atoms with Gasteiger partial charge in [0.05, 0.1) is 12.0 Å². The van der Waals surface area contributed by atoms with Crippen LogP contribution >= 0.6 is 11.6 Å². The quantitative estimate of drug-likeness (QED) is 0.261. The molecule has 0 heterocycles. The lowest BCUT2D eigenvalue weighted by atomic mass is 10.0. The maximum atomic E-state index is 13.6. The molecule has 0 aliphatic carbocycles. The van der Waals surface area contributed by atoms with Crippen LogP contribution in [-0.4, -0.2) is 47.4 Å². The third-order valence-corrected chi connectivity index (χ3v) is 5.93. The van der Waals surface area contributed by atoms with E-state index in [1.54, 1.807) is 24.3 Å². The summed E-state index contributed by atoms with van der Waals surface area (Å²) >= 11 is 6.04. The number of nitro benzene ring substituents is 1. The van der Waals surface area contributed by atoms with E-state index >= 15 is 0 Å². The van der Waals surface area contributed by atoms with E-state index in [0.29, 0.717) is 11.4 Å². The van der Waals surface area contributed by atoms with Gasteiger partial charge >= 0.3 is 5.69 Å². The molecule has 0 aromatic heterocycles. The van der Waals surface area contributed by atoms with E-state index in [-0.39, 0.29) is 35.7 Å². The fourth-order valence-corrected chi connectivity index (χ4v) is 3.97. The number of hydrogen-bond acceptors (Lipinski definition) is 6. The summed E-state index contributed by atoms with van der Waals surface area (Å²) in [6.45, 7) is 3.46. The Balaban J connectivity index is 1.90. The first-order valence-electron chi connectivity index (χ1n) is 12.0. The molecule has 3 aromatic rings. The van der Waals surface area contributed by atoms with Crippen LogP contribution in [0, 0.1) is 10.1 Å². The highest BCUT2D eigenvalue weighted by atomic mass is 35.5. The Morgan fingerprint density at radius 2 is 1.71 bits per heavy atom. The Kier molecular flexibility index (Phi) is 10.1. The molecule has 10 heteroatoms.